The predicted molar refractivity (Wildman–Crippen MR) is 79.5 cm³/mol. The van der Waals surface area contributed by atoms with Gasteiger partial charge in [0.05, 0.1) is 10.0 Å². The number of halogens is 3. The van der Waals surface area contributed by atoms with Crippen molar-refractivity contribution < 1.29 is 9.90 Å². The third-order valence-corrected chi connectivity index (χ3v) is 3.79. The smallest absolute Gasteiger partial charge is 0.227 e. The molecular formula is C12H15Cl3N2O2. The number of hydrogen-bond donors (Lipinski definition) is 3. The van der Waals surface area contributed by atoms with Crippen LogP contribution in [-0.4, -0.2) is 24.1 Å². The fraction of sp³-hybridized carbons (Fsp3) is 0.417. The topological polar surface area (TPSA) is 61.4 Å². The van der Waals surface area contributed by atoms with Gasteiger partial charge >= 0.3 is 0 Å². The summed E-state index contributed by atoms with van der Waals surface area (Å²) in [6, 6.07) is 2.96. The summed E-state index contributed by atoms with van der Waals surface area (Å²) >= 11 is 11.6. The molecule has 1 saturated heterocycles. The highest BCUT2D eigenvalue weighted by Gasteiger charge is 2.28. The third kappa shape index (κ3) is 3.66. The number of carbonyl (C=O) groups excluding carboxylic acids is 1. The Morgan fingerprint density at radius 1 is 1.42 bits per heavy atom. The van der Waals surface area contributed by atoms with Gasteiger partial charge in [-0.15, -0.1) is 12.4 Å². The second-order valence-corrected chi connectivity index (χ2v) is 5.30. The monoisotopic (exact) mass is 324 g/mol. The number of hydrogen-bond acceptors (Lipinski definition) is 3. The molecule has 0 saturated carbocycles. The predicted octanol–water partition coefficient (Wildman–Crippen LogP) is 2.91. The van der Waals surface area contributed by atoms with Crippen LogP contribution >= 0.6 is 35.6 Å². The summed E-state index contributed by atoms with van der Waals surface area (Å²) in [6.45, 7) is 3.63. The summed E-state index contributed by atoms with van der Waals surface area (Å²) in [5.74, 6) is 0.0533. The number of benzene rings is 1. The van der Waals surface area contributed by atoms with Crippen LogP contribution in [0.15, 0.2) is 12.1 Å². The van der Waals surface area contributed by atoms with Gasteiger partial charge in [-0.3, -0.25) is 4.79 Å². The molecule has 0 spiro atoms. The van der Waals surface area contributed by atoms with E-state index in [1.807, 2.05) is 6.92 Å². The van der Waals surface area contributed by atoms with Gasteiger partial charge < -0.3 is 15.7 Å². The number of nitrogens with one attached hydrogen (secondary N) is 2. The standard InChI is InChI=1S/C12H14Cl2N2O2.ClH/c1-6(7-4-15-5-7)12(18)16-8-2-9(13)11(17)10(14)3-8;/h2-3,6-7,15,17H,4-5H2,1H3,(H,16,18);1H. The average Bonchev–Trinajstić information content (AvgIpc) is 2.23. The van der Waals surface area contributed by atoms with Gasteiger partial charge in [0.2, 0.25) is 5.91 Å². The molecule has 7 heteroatoms. The lowest BCUT2D eigenvalue weighted by molar-refractivity contribution is -0.121. The Kier molecular flexibility index (Phi) is 5.74. The molecule has 106 valence electrons. The highest BCUT2D eigenvalue weighted by molar-refractivity contribution is 6.37. The molecule has 4 nitrogen and oxygen atoms in total. The van der Waals surface area contributed by atoms with E-state index in [-0.39, 0.29) is 40.0 Å². The maximum atomic E-state index is 12.0. The molecule has 1 unspecified atom stereocenters. The van der Waals surface area contributed by atoms with Gasteiger partial charge in [0.25, 0.3) is 0 Å². The van der Waals surface area contributed by atoms with Gasteiger partial charge in [-0.05, 0) is 31.1 Å². The highest BCUT2D eigenvalue weighted by Crippen LogP contribution is 2.34. The lowest BCUT2D eigenvalue weighted by atomic mass is 9.88. The second kappa shape index (κ2) is 6.66. The average molecular weight is 326 g/mol. The molecule has 1 amide bonds. The lowest BCUT2D eigenvalue weighted by Crippen LogP contribution is -2.48. The number of phenolic OH excluding ortho intramolecular Hbond substituents is 1. The first-order chi connectivity index (χ1) is 8.49. The number of amides is 1. The number of anilines is 1. The minimum Gasteiger partial charge on any atom is -0.505 e. The van der Waals surface area contributed by atoms with Crippen LogP contribution in [-0.2, 0) is 4.79 Å². The first kappa shape index (κ1) is 16.4. The molecular weight excluding hydrogens is 311 g/mol. The van der Waals surface area contributed by atoms with E-state index in [0.29, 0.717) is 11.6 Å². The molecule has 1 aromatic carbocycles. The molecule has 1 aliphatic heterocycles. The van der Waals surface area contributed by atoms with E-state index in [1.54, 1.807) is 0 Å². The van der Waals surface area contributed by atoms with Crippen LogP contribution in [0.25, 0.3) is 0 Å². The Bertz CT molecular complexity index is 455. The Morgan fingerprint density at radius 2 is 1.95 bits per heavy atom. The minimum atomic E-state index is -0.174. The van der Waals surface area contributed by atoms with Gasteiger partial charge in [0.15, 0.2) is 5.75 Å². The Hall–Kier alpha value is -0.680. The van der Waals surface area contributed by atoms with E-state index < -0.39 is 0 Å². The molecule has 3 N–H and O–H groups in total. The molecule has 0 aromatic heterocycles. The van der Waals surface area contributed by atoms with Crippen LogP contribution in [0.1, 0.15) is 6.92 Å². The Labute approximate surface area is 127 Å². The van der Waals surface area contributed by atoms with Crippen LogP contribution in [0.5, 0.6) is 5.75 Å². The summed E-state index contributed by atoms with van der Waals surface area (Å²) in [4.78, 5) is 12.0. The van der Waals surface area contributed by atoms with Crippen LogP contribution in [0.2, 0.25) is 10.0 Å². The van der Waals surface area contributed by atoms with E-state index in [9.17, 15) is 9.90 Å². The normalized spacial score (nSPS) is 16.2. The van der Waals surface area contributed by atoms with E-state index >= 15 is 0 Å². The lowest BCUT2D eigenvalue weighted by Gasteiger charge is -2.31. The van der Waals surface area contributed by atoms with Gasteiger partial charge in [-0.25, -0.2) is 0 Å². The molecule has 1 heterocycles. The molecule has 1 fully saturated rings. The van der Waals surface area contributed by atoms with Crippen LogP contribution in [0.4, 0.5) is 5.69 Å². The number of carbonyl (C=O) groups is 1. The zero-order valence-corrected chi connectivity index (χ0v) is 12.6. The first-order valence-electron chi connectivity index (χ1n) is 5.68. The minimum absolute atomic E-state index is 0. The van der Waals surface area contributed by atoms with Gasteiger partial charge in [0, 0.05) is 11.6 Å². The summed E-state index contributed by atoms with van der Waals surface area (Å²) in [6.07, 6.45) is 0. The fourth-order valence-electron chi connectivity index (χ4n) is 1.77. The van der Waals surface area contributed by atoms with Crippen molar-refractivity contribution >= 4 is 47.2 Å². The first-order valence-corrected chi connectivity index (χ1v) is 6.44. The number of rotatable bonds is 3. The second-order valence-electron chi connectivity index (χ2n) is 4.48. The van der Waals surface area contributed by atoms with Gasteiger partial charge in [-0.1, -0.05) is 30.1 Å². The van der Waals surface area contributed by atoms with E-state index in [0.717, 1.165) is 13.1 Å². The van der Waals surface area contributed by atoms with Crippen molar-refractivity contribution in [3.63, 3.8) is 0 Å². The van der Waals surface area contributed by atoms with Crippen LogP contribution < -0.4 is 10.6 Å². The largest absolute Gasteiger partial charge is 0.505 e. The van der Waals surface area contributed by atoms with Crippen molar-refractivity contribution in [2.45, 2.75) is 6.92 Å². The van der Waals surface area contributed by atoms with Crippen molar-refractivity contribution in [3.8, 4) is 5.75 Å². The fourth-order valence-corrected chi connectivity index (χ4v) is 2.26. The summed E-state index contributed by atoms with van der Waals surface area (Å²) < 4.78 is 0. The maximum Gasteiger partial charge on any atom is 0.227 e. The zero-order chi connectivity index (χ0) is 13.3. The zero-order valence-electron chi connectivity index (χ0n) is 10.2. The molecule has 0 aliphatic carbocycles. The molecule has 1 aliphatic rings. The van der Waals surface area contributed by atoms with Crippen molar-refractivity contribution in [1.29, 1.82) is 0 Å². The maximum absolute atomic E-state index is 12.0. The number of aromatic hydroxyl groups is 1. The molecule has 0 radical (unpaired) electrons. The summed E-state index contributed by atoms with van der Waals surface area (Å²) in [7, 11) is 0. The van der Waals surface area contributed by atoms with Gasteiger partial charge in [0.1, 0.15) is 0 Å². The SMILES string of the molecule is CC(C(=O)Nc1cc(Cl)c(O)c(Cl)c1)C1CNC1.Cl. The van der Waals surface area contributed by atoms with Gasteiger partial charge in [-0.2, -0.15) is 0 Å². The molecule has 19 heavy (non-hydrogen) atoms. The molecule has 2 rings (SSSR count). The van der Waals surface area contributed by atoms with Crippen LogP contribution in [0.3, 0.4) is 0 Å². The highest BCUT2D eigenvalue weighted by atomic mass is 35.5. The van der Waals surface area contributed by atoms with Crippen molar-refractivity contribution in [1.82, 2.24) is 5.32 Å². The van der Waals surface area contributed by atoms with Crippen molar-refractivity contribution in [3.05, 3.63) is 22.2 Å². The Balaban J connectivity index is 0.00000180. The van der Waals surface area contributed by atoms with Crippen molar-refractivity contribution in [2.24, 2.45) is 11.8 Å². The molecule has 1 atom stereocenters. The Morgan fingerprint density at radius 3 is 2.37 bits per heavy atom. The number of phenols is 1. The van der Waals surface area contributed by atoms with Crippen LogP contribution in [0, 0.1) is 11.8 Å². The summed E-state index contributed by atoms with van der Waals surface area (Å²) in [5, 5.41) is 15.6. The van der Waals surface area contributed by atoms with E-state index in [2.05, 4.69) is 10.6 Å². The van der Waals surface area contributed by atoms with Crippen molar-refractivity contribution in [2.75, 3.05) is 18.4 Å². The molecule has 1 aromatic rings. The molecule has 0 bridgehead atoms. The quantitative estimate of drug-likeness (QED) is 0.749. The third-order valence-electron chi connectivity index (χ3n) is 3.22. The van der Waals surface area contributed by atoms with E-state index in [1.165, 1.54) is 12.1 Å². The van der Waals surface area contributed by atoms with E-state index in [4.69, 9.17) is 23.2 Å². The summed E-state index contributed by atoms with van der Waals surface area (Å²) in [5.41, 5.74) is 0.493.